The van der Waals surface area contributed by atoms with Crippen LogP contribution in [-0.2, 0) is 5.41 Å². The van der Waals surface area contributed by atoms with Crippen LogP contribution < -0.4 is 10.4 Å². The second-order valence-corrected chi connectivity index (χ2v) is 16.8. The van der Waals surface area contributed by atoms with E-state index in [0.29, 0.717) is 0 Å². The van der Waals surface area contributed by atoms with Gasteiger partial charge in [0.2, 0.25) is 0 Å². The molecule has 3 aromatic carbocycles. The number of hydrogen-bond donors (Lipinski definition) is 0. The van der Waals surface area contributed by atoms with Gasteiger partial charge < -0.3 is 0 Å². The highest BCUT2D eigenvalue weighted by atomic mass is 14.3. The Morgan fingerprint density at radius 1 is 0.618 bits per heavy atom. The number of allylic oxidation sites excluding steroid dienone is 18. The summed E-state index contributed by atoms with van der Waals surface area (Å²) in [5.74, 6) is 0.00495. The van der Waals surface area contributed by atoms with Crippen molar-refractivity contribution in [2.45, 2.75) is 78.1 Å². The zero-order chi connectivity index (χ0) is 38.4. The molecule has 0 saturated heterocycles. The van der Waals surface area contributed by atoms with Crippen molar-refractivity contribution in [1.82, 2.24) is 0 Å². The van der Waals surface area contributed by atoms with Crippen LogP contribution in [0.15, 0.2) is 191 Å². The minimum absolute atomic E-state index is 0.0543. The van der Waals surface area contributed by atoms with Crippen molar-refractivity contribution in [3.05, 3.63) is 224 Å². The smallest absolute Gasteiger partial charge is 0.0364 e. The molecule has 55 heavy (non-hydrogen) atoms. The number of fused-ring (bicyclic) bond motifs is 2. The van der Waals surface area contributed by atoms with E-state index in [1.54, 1.807) is 0 Å². The number of benzene rings is 3. The van der Waals surface area contributed by atoms with Crippen molar-refractivity contribution in [2.24, 2.45) is 5.41 Å². The summed E-state index contributed by atoms with van der Waals surface area (Å²) < 4.78 is 0. The van der Waals surface area contributed by atoms with Crippen LogP contribution in [0.2, 0.25) is 0 Å². The van der Waals surface area contributed by atoms with E-state index in [-0.39, 0.29) is 22.7 Å². The summed E-state index contributed by atoms with van der Waals surface area (Å²) in [5.41, 5.74) is 24.6. The molecule has 272 valence electrons. The predicted molar refractivity (Wildman–Crippen MR) is 236 cm³/mol. The Kier molecular flexibility index (Phi) is 11.1. The predicted octanol–water partition coefficient (Wildman–Crippen LogP) is 12.8. The normalized spacial score (nSPS) is 19.8. The van der Waals surface area contributed by atoms with E-state index in [1.165, 1.54) is 55.0 Å². The maximum absolute atomic E-state index is 3.85. The molecule has 2 atom stereocenters. The standard InChI is InChI=1S/C55H52/c1-54(2,3)44-28-22-23-40(33-36-44)39-50(41-24-14-9-7-10-15-25-41)52-46-29-18-13-19-30-48(46)53(49-32-21-20-31-47(49)52)51(42-26-16-11-8-12-17-27-42)43-34-37-45(38-35-43)55(4,5)6/h7-9,11,13,15,17-22,24-29,31-38,50-51H,10,14,39H2,1-6H3/b9-7?,25-15-,41-24+,42-27+. The summed E-state index contributed by atoms with van der Waals surface area (Å²) in [6.45, 7) is 13.7. The number of rotatable bonds is 7. The molecule has 7 rings (SSSR count). The first-order chi connectivity index (χ1) is 26.6. The van der Waals surface area contributed by atoms with Gasteiger partial charge in [0.05, 0.1) is 0 Å². The Balaban J connectivity index is 1.54. The largest absolute Gasteiger partial charge is 0.120 e. The van der Waals surface area contributed by atoms with Gasteiger partial charge in [0.15, 0.2) is 0 Å². The summed E-state index contributed by atoms with van der Waals surface area (Å²) >= 11 is 0. The zero-order valence-corrected chi connectivity index (χ0v) is 33.3. The summed E-state index contributed by atoms with van der Waals surface area (Å²) in [6.07, 6.45) is 42.2. The second-order valence-electron chi connectivity index (χ2n) is 16.8. The molecule has 0 saturated carbocycles. The van der Waals surface area contributed by atoms with E-state index in [4.69, 9.17) is 0 Å². The molecule has 0 bridgehead atoms. The summed E-state index contributed by atoms with van der Waals surface area (Å²) in [6, 6.07) is 18.4. The topological polar surface area (TPSA) is 0 Å². The van der Waals surface area contributed by atoms with Gasteiger partial charge in [-0.25, -0.2) is 0 Å². The Morgan fingerprint density at radius 2 is 1.38 bits per heavy atom. The molecular formula is C55H52. The molecule has 0 amide bonds. The second kappa shape index (κ2) is 16.3. The summed E-state index contributed by atoms with van der Waals surface area (Å²) in [4.78, 5) is 0. The van der Waals surface area contributed by atoms with E-state index in [1.807, 2.05) is 18.2 Å². The first-order valence-electron chi connectivity index (χ1n) is 19.8. The molecule has 0 nitrogen and oxygen atoms in total. The maximum Gasteiger partial charge on any atom is 0.0364 e. The van der Waals surface area contributed by atoms with Crippen LogP contribution in [0.3, 0.4) is 0 Å². The van der Waals surface area contributed by atoms with E-state index >= 15 is 0 Å². The maximum atomic E-state index is 3.85. The van der Waals surface area contributed by atoms with Crippen LogP contribution in [0.5, 0.6) is 0 Å². The Bertz CT molecular complexity index is 2590. The molecule has 0 aromatic heterocycles. The van der Waals surface area contributed by atoms with Gasteiger partial charge in [-0.15, -0.1) is 22.9 Å². The third-order valence-electron chi connectivity index (χ3n) is 10.9. The molecule has 0 N–H and O–H groups in total. The zero-order valence-electron chi connectivity index (χ0n) is 33.3. The van der Waals surface area contributed by atoms with E-state index < -0.39 is 0 Å². The highest BCUT2D eigenvalue weighted by Crippen LogP contribution is 2.41. The lowest BCUT2D eigenvalue weighted by atomic mass is 9.75. The highest BCUT2D eigenvalue weighted by molar-refractivity contribution is 5.92. The molecular weight excluding hydrogens is 661 g/mol. The van der Waals surface area contributed by atoms with E-state index in [9.17, 15) is 0 Å². The van der Waals surface area contributed by atoms with Crippen LogP contribution in [0, 0.1) is 5.41 Å². The van der Waals surface area contributed by atoms with Gasteiger partial charge in [-0.2, -0.15) is 0 Å². The lowest BCUT2D eigenvalue weighted by molar-refractivity contribution is 0.517. The average Bonchev–Trinajstić information content (AvgIpc) is 3.53. The van der Waals surface area contributed by atoms with Gasteiger partial charge in [-0.1, -0.05) is 157 Å². The van der Waals surface area contributed by atoms with Crippen LogP contribution in [-0.4, -0.2) is 0 Å². The van der Waals surface area contributed by atoms with E-state index in [0.717, 1.165) is 30.1 Å². The Hall–Kier alpha value is -5.82. The molecule has 4 aliphatic carbocycles. The molecule has 4 aliphatic rings. The van der Waals surface area contributed by atoms with Crippen molar-refractivity contribution in [3.8, 4) is 0 Å². The molecule has 0 heterocycles. The lowest BCUT2D eigenvalue weighted by Crippen LogP contribution is -2.35. The van der Waals surface area contributed by atoms with Crippen molar-refractivity contribution in [3.63, 3.8) is 0 Å². The van der Waals surface area contributed by atoms with Crippen molar-refractivity contribution < 1.29 is 0 Å². The van der Waals surface area contributed by atoms with Gasteiger partial charge in [0.25, 0.3) is 0 Å². The molecule has 0 fully saturated rings. The average molecular weight is 713 g/mol. The lowest BCUT2D eigenvalue weighted by Gasteiger charge is -2.28. The first kappa shape index (κ1) is 37.5. The quantitative estimate of drug-likeness (QED) is 0.169. The summed E-state index contributed by atoms with van der Waals surface area (Å²) in [5, 5.41) is 4.88. The minimum Gasteiger partial charge on any atom is -0.120 e. The monoisotopic (exact) mass is 712 g/mol. The molecule has 0 radical (unpaired) electrons. The number of hydrogen-bond acceptors (Lipinski definition) is 0. The van der Waals surface area contributed by atoms with Crippen LogP contribution >= 0.6 is 0 Å². The van der Waals surface area contributed by atoms with Crippen molar-refractivity contribution >= 4 is 22.6 Å². The SMILES string of the molecule is CC(C)(C)C1=CC=C=C(CC(C2=C/CC=CC/C=C\2)c2c3c(c(C(/C4=C/C=C=CC=C=C4)c4ccc(C(C)(C)C)cc4)c4ccccc24)=C=CC=CC=3)C=C1. The van der Waals surface area contributed by atoms with Gasteiger partial charge in [0, 0.05) is 17.1 Å². The van der Waals surface area contributed by atoms with Crippen molar-refractivity contribution in [1.29, 1.82) is 0 Å². The van der Waals surface area contributed by atoms with Crippen LogP contribution in [0.25, 0.3) is 22.6 Å². The Morgan fingerprint density at radius 3 is 2.16 bits per heavy atom. The van der Waals surface area contributed by atoms with Crippen LogP contribution in [0.4, 0.5) is 0 Å². The van der Waals surface area contributed by atoms with Crippen LogP contribution in [0.1, 0.15) is 94.9 Å². The fourth-order valence-corrected chi connectivity index (χ4v) is 8.00. The van der Waals surface area contributed by atoms with E-state index in [2.05, 4.69) is 204 Å². The third kappa shape index (κ3) is 8.46. The molecule has 0 heteroatoms. The highest BCUT2D eigenvalue weighted by Gasteiger charge is 2.28. The van der Waals surface area contributed by atoms with Gasteiger partial charge in [-0.3, -0.25) is 0 Å². The van der Waals surface area contributed by atoms with Gasteiger partial charge in [-0.05, 0) is 133 Å². The summed E-state index contributed by atoms with van der Waals surface area (Å²) in [7, 11) is 0. The van der Waals surface area contributed by atoms with Crippen molar-refractivity contribution in [2.75, 3.05) is 0 Å². The van der Waals surface area contributed by atoms with Gasteiger partial charge >= 0.3 is 0 Å². The molecule has 0 spiro atoms. The third-order valence-corrected chi connectivity index (χ3v) is 10.9. The fraction of sp³-hybridized carbons (Fsp3) is 0.236. The fourth-order valence-electron chi connectivity index (χ4n) is 8.00. The Labute approximate surface area is 328 Å². The molecule has 3 aromatic rings. The van der Waals surface area contributed by atoms with Gasteiger partial charge in [0.1, 0.15) is 0 Å². The minimum atomic E-state index is -0.0763. The first-order valence-corrected chi connectivity index (χ1v) is 19.8. The molecule has 2 unspecified atom stereocenters. The molecule has 0 aliphatic heterocycles.